The Balaban J connectivity index is 0.00000338. The highest BCUT2D eigenvalue weighted by Gasteiger charge is 2.17. The summed E-state index contributed by atoms with van der Waals surface area (Å²) in [7, 11) is 3.78. The maximum atomic E-state index is 12.1. The zero-order chi connectivity index (χ0) is 18.6. The van der Waals surface area contributed by atoms with Crippen LogP contribution in [-0.2, 0) is 0 Å². The lowest BCUT2D eigenvalue weighted by Gasteiger charge is -2.16. The number of carbonyl (C=O) groups is 3. The highest BCUT2D eigenvalue weighted by molar-refractivity contribution is 7.82. The molecule has 0 radical (unpaired) electrons. The van der Waals surface area contributed by atoms with Gasteiger partial charge in [-0.05, 0) is 48.5 Å². The number of hydrogen-bond acceptors (Lipinski definition) is 5. The van der Waals surface area contributed by atoms with Crippen molar-refractivity contribution in [2.24, 2.45) is 5.73 Å². The van der Waals surface area contributed by atoms with Crippen molar-refractivity contribution >= 4 is 54.4 Å². The number of nitrogens with zero attached hydrogens (tertiary/aromatic N) is 2. The first kappa shape index (κ1) is 21.3. The van der Waals surface area contributed by atoms with Gasteiger partial charge in [0.05, 0.1) is 5.69 Å². The molecule has 2 aromatic carbocycles. The molecule has 0 aliphatic carbocycles. The van der Waals surface area contributed by atoms with Crippen LogP contribution in [0.3, 0.4) is 0 Å². The lowest BCUT2D eigenvalue weighted by Crippen LogP contribution is -2.38. The molecule has 2 rings (SSSR count). The van der Waals surface area contributed by atoms with Gasteiger partial charge >= 0.3 is 6.03 Å². The van der Waals surface area contributed by atoms with E-state index in [9.17, 15) is 14.4 Å². The van der Waals surface area contributed by atoms with Gasteiger partial charge in [-0.2, -0.15) is 0 Å². The van der Waals surface area contributed by atoms with Crippen molar-refractivity contribution in [2.75, 3.05) is 23.3 Å². The van der Waals surface area contributed by atoms with Gasteiger partial charge in [-0.25, -0.2) is 9.10 Å². The minimum Gasteiger partial charge on any atom is -0.378 e. The number of nitrogens with one attached hydrogen (secondary N) is 1. The van der Waals surface area contributed by atoms with Crippen molar-refractivity contribution < 1.29 is 14.4 Å². The standard InChI is InChI=1S/C17H18N4O3S.ClH/c1-20(2)13-7-5-12(6-8-13)16(23)19-17(24)21(25)14-9-3-11(4-10-14)15(18)22;/h3-10,25H,1-2H3,(H2,18,22)(H,19,23,24);1H. The van der Waals surface area contributed by atoms with Crippen LogP contribution in [0.25, 0.3) is 0 Å². The molecule has 0 saturated heterocycles. The van der Waals surface area contributed by atoms with E-state index in [1.807, 2.05) is 19.0 Å². The molecular formula is C17H19ClN4O3S. The molecule has 26 heavy (non-hydrogen) atoms. The predicted molar refractivity (Wildman–Crippen MR) is 107 cm³/mol. The summed E-state index contributed by atoms with van der Waals surface area (Å²) in [6.07, 6.45) is 0. The van der Waals surface area contributed by atoms with Gasteiger partial charge in [0.2, 0.25) is 5.91 Å². The molecule has 2 aromatic rings. The zero-order valence-corrected chi connectivity index (χ0v) is 15.9. The number of carbonyl (C=O) groups excluding carboxylic acids is 3. The van der Waals surface area contributed by atoms with E-state index in [2.05, 4.69) is 18.1 Å². The van der Waals surface area contributed by atoms with E-state index < -0.39 is 17.8 Å². The number of anilines is 2. The van der Waals surface area contributed by atoms with E-state index in [-0.39, 0.29) is 12.4 Å². The van der Waals surface area contributed by atoms with Crippen molar-refractivity contribution in [2.45, 2.75) is 0 Å². The van der Waals surface area contributed by atoms with Crippen molar-refractivity contribution in [1.82, 2.24) is 5.32 Å². The van der Waals surface area contributed by atoms with Crippen LogP contribution in [-0.4, -0.2) is 31.9 Å². The summed E-state index contributed by atoms with van der Waals surface area (Å²) in [5, 5.41) is 2.25. The van der Waals surface area contributed by atoms with Gasteiger partial charge in [0.25, 0.3) is 5.91 Å². The summed E-state index contributed by atoms with van der Waals surface area (Å²) in [6, 6.07) is 12.0. The molecule has 0 atom stereocenters. The molecule has 0 aromatic heterocycles. The van der Waals surface area contributed by atoms with Crippen LogP contribution in [0.1, 0.15) is 20.7 Å². The largest absolute Gasteiger partial charge is 0.378 e. The average molecular weight is 395 g/mol. The predicted octanol–water partition coefficient (Wildman–Crippen LogP) is 2.47. The van der Waals surface area contributed by atoms with Crippen LogP contribution >= 0.6 is 25.2 Å². The monoisotopic (exact) mass is 394 g/mol. The fourth-order valence-corrected chi connectivity index (χ4v) is 2.20. The second-order valence-electron chi connectivity index (χ2n) is 5.42. The molecule has 0 aliphatic rings. The van der Waals surface area contributed by atoms with E-state index in [1.165, 1.54) is 24.3 Å². The third-order valence-corrected chi connectivity index (χ3v) is 3.87. The number of benzene rings is 2. The first-order valence-corrected chi connectivity index (χ1v) is 7.71. The summed E-state index contributed by atoms with van der Waals surface area (Å²) in [4.78, 5) is 37.2. The second-order valence-corrected chi connectivity index (χ2v) is 5.82. The van der Waals surface area contributed by atoms with Crippen LogP contribution in [0.5, 0.6) is 0 Å². The van der Waals surface area contributed by atoms with Crippen LogP contribution in [0, 0.1) is 0 Å². The van der Waals surface area contributed by atoms with Crippen molar-refractivity contribution in [3.8, 4) is 0 Å². The number of hydrogen-bond donors (Lipinski definition) is 3. The Hall–Kier alpha value is -2.71. The lowest BCUT2D eigenvalue weighted by molar-refractivity contribution is 0.0964. The Morgan fingerprint density at radius 2 is 1.35 bits per heavy atom. The summed E-state index contributed by atoms with van der Waals surface area (Å²) in [6.45, 7) is 0. The number of rotatable bonds is 4. The van der Waals surface area contributed by atoms with E-state index in [1.54, 1.807) is 24.3 Å². The Morgan fingerprint density at radius 3 is 1.81 bits per heavy atom. The third-order valence-electron chi connectivity index (χ3n) is 3.46. The molecule has 0 spiro atoms. The number of imide groups is 1. The highest BCUT2D eigenvalue weighted by atomic mass is 35.5. The summed E-state index contributed by atoms with van der Waals surface area (Å²) in [5.74, 6) is -1.11. The minimum absolute atomic E-state index is 0. The molecule has 138 valence electrons. The molecule has 0 saturated carbocycles. The average Bonchev–Trinajstić information content (AvgIpc) is 2.61. The maximum Gasteiger partial charge on any atom is 0.338 e. The number of halogens is 1. The topological polar surface area (TPSA) is 95.7 Å². The molecule has 7 nitrogen and oxygen atoms in total. The van der Waals surface area contributed by atoms with Crippen LogP contribution < -0.4 is 20.3 Å². The number of primary amides is 1. The Bertz CT molecular complexity index is 795. The first-order valence-electron chi connectivity index (χ1n) is 7.31. The summed E-state index contributed by atoms with van der Waals surface area (Å²) in [5.41, 5.74) is 7.15. The van der Waals surface area contributed by atoms with E-state index in [0.717, 1.165) is 9.99 Å². The van der Waals surface area contributed by atoms with Crippen molar-refractivity contribution in [3.05, 3.63) is 59.7 Å². The zero-order valence-electron chi connectivity index (χ0n) is 14.2. The van der Waals surface area contributed by atoms with Gasteiger partial charge in [0, 0.05) is 30.9 Å². The normalized spacial score (nSPS) is 9.65. The van der Waals surface area contributed by atoms with E-state index in [0.29, 0.717) is 16.8 Å². The Kier molecular flexibility index (Phi) is 7.48. The summed E-state index contributed by atoms with van der Waals surface area (Å²) < 4.78 is 0.969. The molecular weight excluding hydrogens is 376 g/mol. The first-order chi connectivity index (χ1) is 11.8. The van der Waals surface area contributed by atoms with Gasteiger partial charge < -0.3 is 10.6 Å². The lowest BCUT2D eigenvalue weighted by atomic mass is 10.2. The molecule has 0 aliphatic heterocycles. The SMILES string of the molecule is CN(C)c1ccc(C(=O)NC(=O)N(S)c2ccc(C(N)=O)cc2)cc1.Cl. The fraction of sp³-hybridized carbons (Fsp3) is 0.118. The Labute approximate surface area is 163 Å². The Morgan fingerprint density at radius 1 is 0.885 bits per heavy atom. The van der Waals surface area contributed by atoms with Crippen LogP contribution in [0.15, 0.2) is 48.5 Å². The third kappa shape index (κ3) is 5.14. The van der Waals surface area contributed by atoms with Crippen LogP contribution in [0.4, 0.5) is 16.2 Å². The molecule has 0 fully saturated rings. The number of urea groups is 1. The van der Waals surface area contributed by atoms with E-state index >= 15 is 0 Å². The smallest absolute Gasteiger partial charge is 0.338 e. The fourth-order valence-electron chi connectivity index (χ4n) is 2.02. The molecule has 3 N–H and O–H groups in total. The number of amides is 4. The number of thiol groups is 1. The van der Waals surface area contributed by atoms with Crippen molar-refractivity contribution in [3.63, 3.8) is 0 Å². The summed E-state index contributed by atoms with van der Waals surface area (Å²) >= 11 is 4.08. The molecule has 9 heteroatoms. The second kappa shape index (κ2) is 9.12. The maximum absolute atomic E-state index is 12.1. The molecule has 0 bridgehead atoms. The van der Waals surface area contributed by atoms with Gasteiger partial charge in [0.1, 0.15) is 0 Å². The quantitative estimate of drug-likeness (QED) is 0.694. The highest BCUT2D eigenvalue weighted by Crippen LogP contribution is 2.18. The molecule has 0 heterocycles. The molecule has 4 amide bonds. The minimum atomic E-state index is -0.711. The molecule has 0 unspecified atom stereocenters. The van der Waals surface area contributed by atoms with Crippen molar-refractivity contribution in [1.29, 1.82) is 0 Å². The number of nitrogens with two attached hydrogens (primary N) is 1. The van der Waals surface area contributed by atoms with E-state index in [4.69, 9.17) is 5.73 Å². The van der Waals surface area contributed by atoms with Crippen LogP contribution in [0.2, 0.25) is 0 Å². The van der Waals surface area contributed by atoms with Gasteiger partial charge in [0.15, 0.2) is 0 Å². The van der Waals surface area contributed by atoms with Gasteiger partial charge in [-0.3, -0.25) is 14.9 Å². The van der Waals surface area contributed by atoms with Gasteiger partial charge in [-0.15, -0.1) is 12.4 Å². The van der Waals surface area contributed by atoms with Gasteiger partial charge in [-0.1, -0.05) is 12.8 Å².